The Morgan fingerprint density at radius 2 is 1.83 bits per heavy atom. The molecule has 0 spiro atoms. The van der Waals surface area contributed by atoms with Crippen molar-refractivity contribution in [1.29, 1.82) is 0 Å². The van der Waals surface area contributed by atoms with Gasteiger partial charge in [0.15, 0.2) is 5.82 Å². The predicted molar refractivity (Wildman–Crippen MR) is 180 cm³/mol. The monoisotopic (exact) mass is 737 g/mol. The maximum atomic E-state index is 15.5. The van der Waals surface area contributed by atoms with Crippen LogP contribution in [0.5, 0.6) is 11.5 Å². The maximum Gasteiger partial charge on any atom is 0.326 e. The number of phenolic OH excluding ortho intramolecular Hbond substituents is 1. The van der Waals surface area contributed by atoms with Crippen LogP contribution in [0.25, 0.3) is 10.8 Å². The Morgan fingerprint density at radius 1 is 1.04 bits per heavy atom. The van der Waals surface area contributed by atoms with Gasteiger partial charge in [0.2, 0.25) is 23.6 Å². The van der Waals surface area contributed by atoms with Crippen LogP contribution in [-0.4, -0.2) is 104 Å². The lowest BCUT2D eigenvalue weighted by atomic mass is 9.99. The molecule has 6 amide bonds. The van der Waals surface area contributed by atoms with Crippen LogP contribution < -0.4 is 29.7 Å². The number of likely N-dealkylation sites (tertiary alicyclic amines) is 1. The fraction of sp³-hybridized carbons (Fsp3) is 0.333. The van der Waals surface area contributed by atoms with E-state index in [9.17, 15) is 42.3 Å². The minimum absolute atomic E-state index is 0.00683. The molecule has 3 saturated heterocycles. The molecule has 0 radical (unpaired) electrons. The molecule has 0 saturated carbocycles. The van der Waals surface area contributed by atoms with Gasteiger partial charge in [-0.2, -0.15) is 8.42 Å². The first-order valence-electron chi connectivity index (χ1n) is 16.3. The van der Waals surface area contributed by atoms with Crippen LogP contribution in [-0.2, 0) is 40.7 Å². The van der Waals surface area contributed by atoms with E-state index in [-0.39, 0.29) is 92.3 Å². The Balaban J connectivity index is 0.870. The molecule has 3 fully saturated rings. The summed E-state index contributed by atoms with van der Waals surface area (Å²) in [6, 6.07) is 9.77. The number of carbonyl (C=O) groups excluding carboxylic acids is 6. The van der Waals surface area contributed by atoms with Crippen LogP contribution in [0.4, 0.5) is 15.8 Å². The minimum Gasteiger partial charge on any atom is -0.506 e. The number of piperidine rings is 1. The van der Waals surface area contributed by atoms with Crippen LogP contribution in [0.3, 0.4) is 0 Å². The first-order chi connectivity index (χ1) is 24.8. The zero-order valence-corrected chi connectivity index (χ0v) is 28.1. The number of nitrogens with zero attached hydrogens (tertiary/aromatic N) is 3. The quantitative estimate of drug-likeness (QED) is 0.134. The number of rotatable bonds is 10. The molecular formula is C33H32FN7O10S. The Kier molecular flexibility index (Phi) is 8.81. The fourth-order valence-electron chi connectivity index (χ4n) is 6.65. The molecule has 4 aliphatic heterocycles. The van der Waals surface area contributed by atoms with Gasteiger partial charge in [-0.15, -0.1) is 0 Å². The third-order valence-electron chi connectivity index (χ3n) is 9.36. The first-order valence-corrected chi connectivity index (χ1v) is 17.7. The highest BCUT2D eigenvalue weighted by molar-refractivity contribution is 7.92. The molecule has 7 rings (SSSR count). The lowest BCUT2D eigenvalue weighted by Crippen LogP contribution is -2.57. The van der Waals surface area contributed by atoms with Crippen molar-refractivity contribution in [2.75, 3.05) is 49.0 Å². The number of halogens is 1. The third-order valence-corrected chi connectivity index (χ3v) is 10.7. The van der Waals surface area contributed by atoms with E-state index in [4.69, 9.17) is 4.74 Å². The molecule has 4 aliphatic rings. The van der Waals surface area contributed by atoms with Crippen molar-refractivity contribution in [2.45, 2.75) is 25.4 Å². The van der Waals surface area contributed by atoms with Crippen molar-refractivity contribution in [3.63, 3.8) is 0 Å². The number of carbonyl (C=O) groups is 6. The Bertz CT molecular complexity index is 2180. The summed E-state index contributed by atoms with van der Waals surface area (Å²) in [7, 11) is -4.37. The van der Waals surface area contributed by atoms with Crippen LogP contribution >= 0.6 is 0 Å². The lowest BCUT2D eigenvalue weighted by Gasteiger charge is -2.38. The Labute approximate surface area is 295 Å². The van der Waals surface area contributed by atoms with E-state index in [2.05, 4.69) is 16.0 Å². The molecule has 0 bridgehead atoms. The zero-order valence-electron chi connectivity index (χ0n) is 27.3. The van der Waals surface area contributed by atoms with Gasteiger partial charge in [-0.1, -0.05) is 12.1 Å². The van der Waals surface area contributed by atoms with Gasteiger partial charge < -0.3 is 30.3 Å². The second kappa shape index (κ2) is 13.3. The molecule has 0 aliphatic carbocycles. The number of ether oxygens (including phenoxy) is 1. The first kappa shape index (κ1) is 34.5. The molecule has 3 aromatic rings. The summed E-state index contributed by atoms with van der Waals surface area (Å²) in [5.74, 6) is -4.56. The largest absolute Gasteiger partial charge is 0.506 e. The van der Waals surface area contributed by atoms with Gasteiger partial charge in [0, 0.05) is 48.3 Å². The number of anilines is 2. The summed E-state index contributed by atoms with van der Waals surface area (Å²) in [6.07, 6.45) is 0.379. The summed E-state index contributed by atoms with van der Waals surface area (Å²) >= 11 is 0. The van der Waals surface area contributed by atoms with E-state index in [0.717, 1.165) is 0 Å². The summed E-state index contributed by atoms with van der Waals surface area (Å²) in [4.78, 5) is 77.1. The number of aromatic hydroxyl groups is 1. The third kappa shape index (κ3) is 6.38. The predicted octanol–water partition coefficient (Wildman–Crippen LogP) is -0.308. The molecule has 272 valence electrons. The van der Waals surface area contributed by atoms with Gasteiger partial charge in [0.25, 0.3) is 11.8 Å². The number of amides is 6. The molecule has 4 heterocycles. The summed E-state index contributed by atoms with van der Waals surface area (Å²) in [5.41, 5.74) is 0.974. The molecule has 17 nitrogen and oxygen atoms in total. The molecular weight excluding hydrogens is 705 g/mol. The van der Waals surface area contributed by atoms with Crippen molar-refractivity contribution in [3.8, 4) is 11.5 Å². The molecule has 19 heteroatoms. The van der Waals surface area contributed by atoms with Crippen LogP contribution in [0.2, 0.25) is 0 Å². The van der Waals surface area contributed by atoms with Gasteiger partial charge in [-0.05, 0) is 42.1 Å². The maximum absolute atomic E-state index is 15.5. The van der Waals surface area contributed by atoms with E-state index in [1.165, 1.54) is 34.1 Å². The van der Waals surface area contributed by atoms with Gasteiger partial charge in [0.1, 0.15) is 36.4 Å². The van der Waals surface area contributed by atoms with Crippen molar-refractivity contribution >= 4 is 67.8 Å². The van der Waals surface area contributed by atoms with Crippen molar-refractivity contribution in [2.24, 2.45) is 5.92 Å². The van der Waals surface area contributed by atoms with E-state index in [1.54, 1.807) is 22.9 Å². The number of hydrogen-bond acceptors (Lipinski definition) is 11. The molecule has 52 heavy (non-hydrogen) atoms. The topological polar surface area (TPSA) is 224 Å². The normalized spacial score (nSPS) is 19.6. The highest BCUT2D eigenvalue weighted by atomic mass is 32.2. The lowest BCUT2D eigenvalue weighted by molar-refractivity contribution is -0.142. The standard InChI is InChI=1S/C33H32FN7O10S/c34-29-21-11-19(5-4-17(21)10-25(42)30(29)41-16-27(44)38-52(41,49)50)51-9-8-35-31(46)18-13-39(14-18)28(45)12-36-23-3-1-2-20-22(23)15-40(33(20)48)24-6-7-26(43)37-32(24)47/h1-5,10-11,18,24,36,42H,6-9,12-16H2,(H,35,46)(H,38,44)(H,37,43,47). The molecule has 1 unspecified atom stereocenters. The highest BCUT2D eigenvalue weighted by Gasteiger charge is 2.41. The average molecular weight is 738 g/mol. The molecule has 3 aromatic carbocycles. The van der Waals surface area contributed by atoms with Crippen molar-refractivity contribution < 1.29 is 51.4 Å². The Hall–Kier alpha value is -5.98. The zero-order chi connectivity index (χ0) is 36.9. The highest BCUT2D eigenvalue weighted by Crippen LogP contribution is 2.39. The smallest absolute Gasteiger partial charge is 0.326 e. The number of fused-ring (bicyclic) bond motifs is 2. The molecule has 0 aromatic heterocycles. The van der Waals surface area contributed by atoms with Gasteiger partial charge in [0.05, 0.1) is 19.0 Å². The van der Waals surface area contributed by atoms with Gasteiger partial charge >= 0.3 is 10.2 Å². The second-order valence-electron chi connectivity index (χ2n) is 12.7. The number of imide groups is 1. The number of nitrogens with one attached hydrogen (secondary N) is 4. The SMILES string of the molecule is O=C1CCC(N2Cc3c(NCC(=O)N4CC(C(=O)NCCOc5ccc6cc(O)c(N7CC(=O)NS7(=O)=O)c(F)c6c5)C4)cccc3C2=O)C(=O)N1. The second-order valence-corrected chi connectivity index (χ2v) is 14.3. The number of hydrogen-bond donors (Lipinski definition) is 5. The van der Waals surface area contributed by atoms with E-state index >= 15 is 4.39 Å². The molecule has 5 N–H and O–H groups in total. The fourth-order valence-corrected chi connectivity index (χ4v) is 7.81. The van der Waals surface area contributed by atoms with Crippen LogP contribution in [0.15, 0.2) is 42.5 Å². The number of benzene rings is 3. The van der Waals surface area contributed by atoms with Crippen LogP contribution in [0, 0.1) is 11.7 Å². The van der Waals surface area contributed by atoms with Gasteiger partial charge in [-0.25, -0.2) is 13.4 Å². The van der Waals surface area contributed by atoms with Gasteiger partial charge in [-0.3, -0.25) is 34.1 Å². The van der Waals surface area contributed by atoms with E-state index < -0.39 is 57.8 Å². The van der Waals surface area contributed by atoms with E-state index in [0.29, 0.717) is 21.1 Å². The minimum atomic E-state index is -4.37. The van der Waals surface area contributed by atoms with Crippen molar-refractivity contribution in [3.05, 3.63) is 59.4 Å². The van der Waals surface area contributed by atoms with Crippen molar-refractivity contribution in [1.82, 2.24) is 25.2 Å². The van der Waals surface area contributed by atoms with Crippen LogP contribution in [0.1, 0.15) is 28.8 Å². The van der Waals surface area contributed by atoms with E-state index in [1.807, 2.05) is 0 Å². The summed E-state index contributed by atoms with van der Waals surface area (Å²) < 4.78 is 47.8. The Morgan fingerprint density at radius 3 is 2.56 bits per heavy atom. The number of phenols is 1. The summed E-state index contributed by atoms with van der Waals surface area (Å²) in [6.45, 7) is -0.105. The molecule has 1 atom stereocenters. The summed E-state index contributed by atoms with van der Waals surface area (Å²) in [5, 5.41) is 18.6. The average Bonchev–Trinajstić information content (AvgIpc) is 3.55.